The molecule has 4 saturated carbocycles. The normalized spacial score (nSPS) is 34.7. The van der Waals surface area contributed by atoms with Gasteiger partial charge in [-0.05, 0) is 112 Å². The lowest BCUT2D eigenvalue weighted by Crippen LogP contribution is -2.76. The molecule has 12 rings (SSSR count). The first-order chi connectivity index (χ1) is 31.7. The van der Waals surface area contributed by atoms with Crippen LogP contribution in [0.3, 0.4) is 0 Å². The fraction of sp³-hybridized carbons (Fsp3) is 0.660. The Morgan fingerprint density at radius 2 is 1.04 bits per heavy atom. The van der Waals surface area contributed by atoms with E-state index in [1.807, 2.05) is 0 Å². The van der Waals surface area contributed by atoms with E-state index < -0.39 is 89.0 Å². The van der Waals surface area contributed by atoms with Gasteiger partial charge in [0.2, 0.25) is 0 Å². The van der Waals surface area contributed by atoms with Crippen LogP contribution in [0.5, 0.6) is 23.0 Å². The predicted molar refractivity (Wildman–Crippen MR) is 215 cm³/mol. The van der Waals surface area contributed by atoms with Crippen molar-refractivity contribution in [2.75, 3.05) is 39.4 Å². The number of hydrogen-bond acceptors (Lipinski definition) is 14. The van der Waals surface area contributed by atoms with Gasteiger partial charge in [-0.15, -0.1) is 0 Å². The molecule has 6 aliphatic carbocycles. The van der Waals surface area contributed by atoms with Crippen LogP contribution in [0.25, 0.3) is 0 Å². The third kappa shape index (κ3) is 5.90. The number of ether oxygens (including phenoxy) is 6. The van der Waals surface area contributed by atoms with Crippen LogP contribution in [0.15, 0.2) is 24.3 Å². The van der Waals surface area contributed by atoms with Crippen molar-refractivity contribution < 1.29 is 84.2 Å². The molecule has 14 nitrogen and oxygen atoms in total. The van der Waals surface area contributed by atoms with E-state index in [1.165, 1.54) is 12.1 Å². The molecule has 0 radical (unpaired) electrons. The van der Waals surface area contributed by atoms with E-state index in [9.17, 15) is 29.4 Å². The third-order valence-electron chi connectivity index (χ3n) is 17.1. The van der Waals surface area contributed by atoms with Gasteiger partial charge in [0.25, 0.3) is 0 Å². The molecule has 2 spiro atoms. The van der Waals surface area contributed by atoms with Crippen molar-refractivity contribution in [3.8, 4) is 23.0 Å². The zero-order valence-electron chi connectivity index (χ0n) is 36.1. The summed E-state index contributed by atoms with van der Waals surface area (Å²) in [7, 11) is 0. The second-order valence-corrected chi connectivity index (χ2v) is 20.7. The Bertz CT molecular complexity index is 2350. The minimum absolute atomic E-state index is 0.0265. The van der Waals surface area contributed by atoms with Crippen molar-refractivity contribution >= 4 is 23.9 Å². The van der Waals surface area contributed by atoms with E-state index in [-0.39, 0.29) is 60.8 Å². The molecular weight excluding hydrogens is 899 g/mol. The van der Waals surface area contributed by atoms with E-state index in [2.05, 4.69) is 19.3 Å². The summed E-state index contributed by atoms with van der Waals surface area (Å²) >= 11 is 0. The highest BCUT2D eigenvalue weighted by Gasteiger charge is 2.76. The van der Waals surface area contributed by atoms with Crippen molar-refractivity contribution in [2.24, 2.45) is 11.8 Å². The first-order valence-electron chi connectivity index (χ1n) is 23.2. The van der Waals surface area contributed by atoms with Crippen molar-refractivity contribution in [3.63, 3.8) is 0 Å². The van der Waals surface area contributed by atoms with Crippen LogP contribution in [-0.2, 0) is 42.7 Å². The molecule has 4 aliphatic heterocycles. The van der Waals surface area contributed by atoms with Crippen molar-refractivity contribution in [1.29, 1.82) is 0 Å². The zero-order valence-corrected chi connectivity index (χ0v) is 36.1. The van der Waals surface area contributed by atoms with Crippen LogP contribution >= 0.6 is 0 Å². The van der Waals surface area contributed by atoms with E-state index >= 15 is 26.3 Å². The molecule has 2 aromatic carbocycles. The number of likely N-dealkylation sites (tertiary alicyclic amines) is 2. The molecule has 2 aromatic rings. The molecule has 0 amide bonds. The minimum atomic E-state index is -6.28. The maximum atomic E-state index is 15.1. The smallest absolute Gasteiger partial charge is 0.477 e. The Morgan fingerprint density at radius 3 is 1.43 bits per heavy atom. The summed E-state index contributed by atoms with van der Waals surface area (Å²) in [6.45, 7) is -2.46. The van der Waals surface area contributed by atoms with E-state index in [0.717, 1.165) is 49.9 Å². The molecule has 4 bridgehead atoms. The average Bonchev–Trinajstić information content (AvgIpc) is 4.21. The van der Waals surface area contributed by atoms with Crippen molar-refractivity contribution in [2.45, 2.75) is 141 Å². The van der Waals surface area contributed by atoms with E-state index in [0.29, 0.717) is 61.7 Å². The van der Waals surface area contributed by atoms with Crippen LogP contribution < -0.4 is 18.9 Å². The number of ketones is 2. The van der Waals surface area contributed by atoms with Crippen LogP contribution in [0.2, 0.25) is 0 Å². The molecule has 2 N–H and O–H groups in total. The Labute approximate surface area is 379 Å². The molecule has 2 saturated heterocycles. The number of halogens is 6. The molecular formula is C47H48F6N2O12. The number of alkyl halides is 6. The lowest BCUT2D eigenvalue weighted by molar-refractivity contribution is -0.323. The minimum Gasteiger partial charge on any atom is -0.477 e. The van der Waals surface area contributed by atoms with Crippen LogP contribution in [0, 0.1) is 11.8 Å². The van der Waals surface area contributed by atoms with Gasteiger partial charge in [0, 0.05) is 49.1 Å². The van der Waals surface area contributed by atoms with E-state index in [1.54, 1.807) is 12.1 Å². The fourth-order valence-electron chi connectivity index (χ4n) is 13.7. The Kier molecular flexibility index (Phi) is 9.25. The molecule has 360 valence electrons. The number of hydrogen-bond donors (Lipinski definition) is 2. The molecule has 0 aromatic heterocycles. The highest BCUT2D eigenvalue weighted by molar-refractivity contribution is 5.91. The summed E-state index contributed by atoms with van der Waals surface area (Å²) < 4.78 is 122. The quantitative estimate of drug-likeness (QED) is 0.153. The van der Waals surface area contributed by atoms with Crippen molar-refractivity contribution in [3.05, 3.63) is 46.5 Å². The number of aliphatic hydroxyl groups is 2. The maximum absolute atomic E-state index is 15.1. The number of nitrogens with zero attached hydrogens (tertiary/aromatic N) is 2. The summed E-state index contributed by atoms with van der Waals surface area (Å²) in [6.07, 6.45) is 0.00748. The molecule has 67 heavy (non-hydrogen) atoms. The average molecular weight is 947 g/mol. The summed E-state index contributed by atoms with van der Waals surface area (Å²) in [5.74, 6) is -18.3. The number of benzene rings is 2. The monoisotopic (exact) mass is 946 g/mol. The summed E-state index contributed by atoms with van der Waals surface area (Å²) in [5.41, 5.74) is -2.82. The van der Waals surface area contributed by atoms with Gasteiger partial charge in [0.15, 0.2) is 60.0 Å². The van der Waals surface area contributed by atoms with Gasteiger partial charge in [0.05, 0.1) is 22.0 Å². The lowest BCUT2D eigenvalue weighted by Gasteiger charge is -2.62. The Balaban J connectivity index is 0.712. The summed E-state index contributed by atoms with van der Waals surface area (Å²) in [5, 5.41) is 24.9. The highest BCUT2D eigenvalue weighted by atomic mass is 19.3. The number of rotatable bonds is 12. The lowest BCUT2D eigenvalue weighted by atomic mass is 9.49. The van der Waals surface area contributed by atoms with Gasteiger partial charge in [-0.3, -0.25) is 19.4 Å². The molecule has 4 heterocycles. The second-order valence-electron chi connectivity index (χ2n) is 20.7. The molecule has 20 heteroatoms. The van der Waals surface area contributed by atoms with E-state index in [4.69, 9.17) is 18.9 Å². The number of Topliss-reactive ketones (excluding diaryl/α,β-unsaturated/α-hetero) is 2. The topological polar surface area (TPSA) is 171 Å². The van der Waals surface area contributed by atoms with Gasteiger partial charge in [0.1, 0.15) is 0 Å². The fourth-order valence-corrected chi connectivity index (χ4v) is 13.7. The van der Waals surface area contributed by atoms with Crippen LogP contribution in [0.4, 0.5) is 35.9 Å². The van der Waals surface area contributed by atoms with Crippen LogP contribution in [-0.4, -0.2) is 137 Å². The number of piperidine rings is 2. The number of carbonyl (C=O) groups excluding carboxylic acids is 4. The first kappa shape index (κ1) is 43.6. The Morgan fingerprint density at radius 1 is 0.642 bits per heavy atom. The van der Waals surface area contributed by atoms with Gasteiger partial charge < -0.3 is 38.6 Å². The van der Waals surface area contributed by atoms with Gasteiger partial charge in [-0.25, -0.2) is 9.59 Å². The molecule has 0 unspecified atom stereocenters. The molecule has 10 aliphatic rings. The highest BCUT2D eigenvalue weighted by Crippen LogP contribution is 2.67. The van der Waals surface area contributed by atoms with Crippen molar-refractivity contribution in [1.82, 2.24) is 9.80 Å². The maximum Gasteiger partial charge on any atom is 0.514 e. The predicted octanol–water partition coefficient (Wildman–Crippen LogP) is 5.59. The standard InChI is InChI=1S/C47H48F6N2O12/c48-45(49,21-62-39(58)64-29-7-5-25-17-31-43(60)11-9-27(56)37-41(43,33(25)35(29)66-37)13-15-54(31)19-23-1-2-23)47(52,53)46(50,51)22-63-40(59)65-30-8-6-26-18-32-44(61)12-10-28(57)38-42(44,34(26)36(30)67-38)14-16-55(32)20-24-3-4-24/h5-8,23-24,31-32,37-38,60-61H,1-4,9-22H2/t31-,32-,37+,38+,41+,42+,43-,44-/m1/s1. The first-order valence-corrected chi connectivity index (χ1v) is 23.2. The number of carbonyl (C=O) groups is 4. The van der Waals surface area contributed by atoms with Gasteiger partial charge in [-0.2, -0.15) is 26.3 Å². The van der Waals surface area contributed by atoms with Gasteiger partial charge in [-0.1, -0.05) is 12.1 Å². The second kappa shape index (κ2) is 14.2. The molecule has 8 atom stereocenters. The SMILES string of the molecule is O=C(OCC(F)(F)C(F)(F)C(F)(F)COC(=O)Oc1ccc2c3c1O[C@H]1C(=O)CC[C@@]4(O)[C@@H](C2)N(CC2CC2)CC[C@]314)Oc1ccc2c3c1O[C@H]1C(=O)CC[C@@]4(O)[C@@H](C2)N(CC2CC2)CC[C@]314. The molecule has 6 fully saturated rings. The largest absolute Gasteiger partial charge is 0.514 e. The third-order valence-corrected chi connectivity index (χ3v) is 17.1. The van der Waals surface area contributed by atoms with Crippen LogP contribution in [0.1, 0.15) is 86.5 Å². The summed E-state index contributed by atoms with van der Waals surface area (Å²) in [4.78, 5) is 56.9. The van der Waals surface area contributed by atoms with Gasteiger partial charge >= 0.3 is 30.1 Å². The summed E-state index contributed by atoms with van der Waals surface area (Å²) in [6, 6.07) is 5.06. The Hall–Kier alpha value is -4.66. The zero-order chi connectivity index (χ0) is 46.8.